The minimum Gasteiger partial charge on any atom is -0.336 e. The molecule has 0 aliphatic heterocycles. The second-order valence-corrected chi connectivity index (χ2v) is 6.13. The Morgan fingerprint density at radius 3 is 2.78 bits per heavy atom. The normalized spacial score (nSPS) is 10.6. The molecule has 0 unspecified atom stereocenters. The Morgan fingerprint density at radius 1 is 1.52 bits per heavy atom. The average Bonchev–Trinajstić information content (AvgIpc) is 2.87. The quantitative estimate of drug-likeness (QED) is 0.567. The van der Waals surface area contributed by atoms with Gasteiger partial charge in [-0.3, -0.25) is 19.6 Å². The first-order valence-corrected chi connectivity index (χ1v) is 7.91. The van der Waals surface area contributed by atoms with E-state index in [2.05, 4.69) is 21.0 Å². The van der Waals surface area contributed by atoms with Gasteiger partial charge in [0.2, 0.25) is 0 Å². The molecule has 23 heavy (non-hydrogen) atoms. The average molecular weight is 402 g/mol. The van der Waals surface area contributed by atoms with Crippen molar-refractivity contribution in [3.63, 3.8) is 0 Å². The number of rotatable bonds is 5. The second kappa shape index (κ2) is 7.10. The minimum absolute atomic E-state index is 0.00126. The number of hydrogen-bond donors (Lipinski definition) is 0. The summed E-state index contributed by atoms with van der Waals surface area (Å²) in [6, 6.07) is 4.00. The van der Waals surface area contributed by atoms with Gasteiger partial charge in [0.05, 0.1) is 21.6 Å². The fourth-order valence-electron chi connectivity index (χ4n) is 2.01. The fraction of sp³-hybridized carbons (Fsp3) is 0.286. The molecule has 2 aromatic rings. The summed E-state index contributed by atoms with van der Waals surface area (Å²) in [5.41, 5.74) is 0.628. The largest absolute Gasteiger partial charge is 0.336 e. The van der Waals surface area contributed by atoms with Gasteiger partial charge in [-0.2, -0.15) is 5.10 Å². The summed E-state index contributed by atoms with van der Waals surface area (Å²) in [6.07, 6.45) is 1.83. The minimum atomic E-state index is -0.612. The van der Waals surface area contributed by atoms with Crippen LogP contribution >= 0.6 is 27.5 Å². The van der Waals surface area contributed by atoms with Crippen LogP contribution in [0.5, 0.6) is 0 Å². The van der Waals surface area contributed by atoms with Gasteiger partial charge < -0.3 is 4.90 Å². The van der Waals surface area contributed by atoms with E-state index in [1.807, 2.05) is 13.1 Å². The zero-order valence-electron chi connectivity index (χ0n) is 12.5. The number of nitro groups is 1. The van der Waals surface area contributed by atoms with Crippen LogP contribution in [0.4, 0.5) is 5.69 Å². The Morgan fingerprint density at radius 2 is 2.22 bits per heavy atom. The summed E-state index contributed by atoms with van der Waals surface area (Å²) in [6.45, 7) is 2.97. The van der Waals surface area contributed by atoms with E-state index in [9.17, 15) is 14.9 Å². The van der Waals surface area contributed by atoms with Crippen molar-refractivity contribution in [1.82, 2.24) is 14.7 Å². The van der Waals surface area contributed by atoms with Crippen molar-refractivity contribution in [2.75, 3.05) is 7.05 Å². The van der Waals surface area contributed by atoms with Crippen molar-refractivity contribution >= 4 is 39.1 Å². The maximum Gasteiger partial charge on any atom is 0.288 e. The van der Waals surface area contributed by atoms with Crippen molar-refractivity contribution in [2.45, 2.75) is 20.0 Å². The molecule has 0 fully saturated rings. The highest BCUT2D eigenvalue weighted by Gasteiger charge is 2.20. The highest BCUT2D eigenvalue weighted by atomic mass is 79.9. The third kappa shape index (κ3) is 3.89. The number of nitro benzene ring substituents is 1. The van der Waals surface area contributed by atoms with Gasteiger partial charge in [0.1, 0.15) is 5.02 Å². The van der Waals surface area contributed by atoms with E-state index in [4.69, 9.17) is 11.6 Å². The maximum absolute atomic E-state index is 12.4. The molecular formula is C14H14BrClN4O3. The van der Waals surface area contributed by atoms with Gasteiger partial charge in [-0.05, 0) is 35.0 Å². The van der Waals surface area contributed by atoms with Gasteiger partial charge in [0.15, 0.2) is 0 Å². The summed E-state index contributed by atoms with van der Waals surface area (Å²) in [5.74, 6) is -0.345. The van der Waals surface area contributed by atoms with E-state index >= 15 is 0 Å². The Balaban J connectivity index is 2.21. The molecule has 0 N–H and O–H groups in total. The van der Waals surface area contributed by atoms with Gasteiger partial charge in [-0.15, -0.1) is 0 Å². The fourth-order valence-corrected chi connectivity index (χ4v) is 2.64. The predicted molar refractivity (Wildman–Crippen MR) is 89.5 cm³/mol. The van der Waals surface area contributed by atoms with Crippen molar-refractivity contribution in [3.05, 3.63) is 55.3 Å². The predicted octanol–water partition coefficient (Wildman–Crippen LogP) is 3.50. The Bertz CT molecular complexity index is 762. The van der Waals surface area contributed by atoms with Crippen LogP contribution in [0, 0.1) is 10.1 Å². The first-order valence-electron chi connectivity index (χ1n) is 6.74. The molecular weight excluding hydrogens is 388 g/mol. The number of halogens is 2. The van der Waals surface area contributed by atoms with E-state index in [1.165, 1.54) is 23.1 Å². The molecule has 0 saturated heterocycles. The monoisotopic (exact) mass is 400 g/mol. The van der Waals surface area contributed by atoms with E-state index < -0.39 is 4.92 Å². The smallest absolute Gasteiger partial charge is 0.288 e. The third-order valence-electron chi connectivity index (χ3n) is 3.23. The lowest BCUT2D eigenvalue weighted by Crippen LogP contribution is -2.26. The standard InChI is InChI=1S/C14H14BrClN4O3/c1-3-19-7-10(15)12(17-19)8-18(2)14(21)9-4-5-11(16)13(6-9)20(22)23/h4-7H,3,8H2,1-2H3. The number of nitrogens with zero attached hydrogens (tertiary/aromatic N) is 4. The first-order chi connectivity index (χ1) is 10.8. The summed E-state index contributed by atoms with van der Waals surface area (Å²) < 4.78 is 2.56. The van der Waals surface area contributed by atoms with Crippen molar-refractivity contribution in [3.8, 4) is 0 Å². The molecule has 0 aliphatic carbocycles. The zero-order chi connectivity index (χ0) is 17.1. The van der Waals surface area contributed by atoms with Crippen molar-refractivity contribution < 1.29 is 9.72 Å². The van der Waals surface area contributed by atoms with Crippen LogP contribution < -0.4 is 0 Å². The lowest BCUT2D eigenvalue weighted by Gasteiger charge is -2.16. The van der Waals surface area contributed by atoms with Crippen LogP contribution in [0.1, 0.15) is 23.0 Å². The first kappa shape index (κ1) is 17.4. The number of benzene rings is 1. The van der Waals surface area contributed by atoms with E-state index in [1.54, 1.807) is 11.7 Å². The van der Waals surface area contributed by atoms with Gasteiger partial charge in [0.25, 0.3) is 11.6 Å². The molecule has 122 valence electrons. The van der Waals surface area contributed by atoms with Crippen molar-refractivity contribution in [2.24, 2.45) is 0 Å². The molecule has 1 amide bonds. The van der Waals surface area contributed by atoms with Gasteiger partial charge in [-0.1, -0.05) is 11.6 Å². The molecule has 0 atom stereocenters. The van der Waals surface area contributed by atoms with Crippen LogP contribution in [0.15, 0.2) is 28.9 Å². The molecule has 0 radical (unpaired) electrons. The van der Waals surface area contributed by atoms with Crippen LogP contribution in [0.25, 0.3) is 0 Å². The molecule has 1 aromatic heterocycles. The highest BCUT2D eigenvalue weighted by Crippen LogP contribution is 2.26. The molecule has 1 heterocycles. The molecule has 0 aliphatic rings. The van der Waals surface area contributed by atoms with E-state index in [0.29, 0.717) is 5.69 Å². The van der Waals surface area contributed by atoms with Crippen LogP contribution in [0.3, 0.4) is 0 Å². The lowest BCUT2D eigenvalue weighted by molar-refractivity contribution is -0.384. The van der Waals surface area contributed by atoms with Crippen LogP contribution in [0.2, 0.25) is 5.02 Å². The summed E-state index contributed by atoms with van der Waals surface area (Å²) in [7, 11) is 1.61. The Labute approximate surface area is 146 Å². The number of carbonyl (C=O) groups excluding carboxylic acids is 1. The summed E-state index contributed by atoms with van der Waals surface area (Å²) in [4.78, 5) is 24.2. The SMILES string of the molecule is CCn1cc(Br)c(CN(C)C(=O)c2ccc(Cl)c([N+](=O)[O-])c2)n1. The van der Waals surface area contributed by atoms with E-state index in [0.717, 1.165) is 11.0 Å². The number of aryl methyl sites for hydroxylation is 1. The molecule has 1 aromatic carbocycles. The van der Waals surface area contributed by atoms with Crippen LogP contribution in [-0.2, 0) is 13.1 Å². The molecule has 9 heteroatoms. The highest BCUT2D eigenvalue weighted by molar-refractivity contribution is 9.10. The molecule has 2 rings (SSSR count). The van der Waals surface area contributed by atoms with E-state index in [-0.39, 0.29) is 28.7 Å². The molecule has 0 spiro atoms. The molecule has 0 saturated carbocycles. The van der Waals surface area contributed by atoms with Gasteiger partial charge in [0, 0.05) is 31.4 Å². The van der Waals surface area contributed by atoms with Gasteiger partial charge >= 0.3 is 0 Å². The molecule has 0 bridgehead atoms. The molecule has 7 nitrogen and oxygen atoms in total. The summed E-state index contributed by atoms with van der Waals surface area (Å²) >= 11 is 9.16. The Kier molecular flexibility index (Phi) is 5.38. The lowest BCUT2D eigenvalue weighted by atomic mass is 10.1. The second-order valence-electron chi connectivity index (χ2n) is 4.86. The number of hydrogen-bond acceptors (Lipinski definition) is 4. The zero-order valence-corrected chi connectivity index (χ0v) is 14.8. The number of amides is 1. The summed E-state index contributed by atoms with van der Waals surface area (Å²) in [5, 5.41) is 15.3. The topological polar surface area (TPSA) is 81.3 Å². The Hall–Kier alpha value is -1.93. The maximum atomic E-state index is 12.4. The van der Waals surface area contributed by atoms with Gasteiger partial charge in [-0.25, -0.2) is 0 Å². The van der Waals surface area contributed by atoms with Crippen molar-refractivity contribution in [1.29, 1.82) is 0 Å². The van der Waals surface area contributed by atoms with Crippen LogP contribution in [-0.4, -0.2) is 32.6 Å². The number of aromatic nitrogens is 2. The number of carbonyl (C=O) groups is 1. The third-order valence-corrected chi connectivity index (χ3v) is 4.22.